The van der Waals surface area contributed by atoms with Gasteiger partial charge in [0.25, 0.3) is 5.56 Å². The SMILES string of the molecule is O=c1cc2c(nn1CC1CN(Cc3cocn3)C1)CCC2. The number of aryl methyl sites for hydroxylation is 2. The van der Waals surface area contributed by atoms with Crippen LogP contribution in [0.4, 0.5) is 0 Å². The molecule has 21 heavy (non-hydrogen) atoms. The highest BCUT2D eigenvalue weighted by Crippen LogP contribution is 2.20. The molecule has 6 nitrogen and oxygen atoms in total. The predicted octanol–water partition coefficient (Wildman–Crippen LogP) is 0.852. The van der Waals surface area contributed by atoms with E-state index in [2.05, 4.69) is 15.0 Å². The van der Waals surface area contributed by atoms with Crippen molar-refractivity contribution in [2.45, 2.75) is 32.4 Å². The summed E-state index contributed by atoms with van der Waals surface area (Å²) in [7, 11) is 0. The zero-order valence-electron chi connectivity index (χ0n) is 11.9. The van der Waals surface area contributed by atoms with Crippen molar-refractivity contribution >= 4 is 0 Å². The van der Waals surface area contributed by atoms with E-state index in [1.165, 1.54) is 6.39 Å². The lowest BCUT2D eigenvalue weighted by atomic mass is 10.00. The quantitative estimate of drug-likeness (QED) is 0.834. The third-order valence-electron chi connectivity index (χ3n) is 4.36. The van der Waals surface area contributed by atoms with Gasteiger partial charge in [0.15, 0.2) is 6.39 Å². The van der Waals surface area contributed by atoms with E-state index >= 15 is 0 Å². The van der Waals surface area contributed by atoms with Gasteiger partial charge in [-0.1, -0.05) is 0 Å². The van der Waals surface area contributed by atoms with Crippen molar-refractivity contribution < 1.29 is 4.42 Å². The average Bonchev–Trinajstić information content (AvgIpc) is 3.07. The zero-order chi connectivity index (χ0) is 14.2. The molecule has 6 heteroatoms. The van der Waals surface area contributed by atoms with Gasteiger partial charge in [0.2, 0.25) is 0 Å². The Morgan fingerprint density at radius 1 is 1.33 bits per heavy atom. The number of hydrogen-bond acceptors (Lipinski definition) is 5. The van der Waals surface area contributed by atoms with E-state index in [1.807, 2.05) is 0 Å². The van der Waals surface area contributed by atoms with Crippen LogP contribution in [0.5, 0.6) is 0 Å². The second-order valence-electron chi connectivity index (χ2n) is 6.03. The molecule has 0 aromatic carbocycles. The first-order valence-corrected chi connectivity index (χ1v) is 7.47. The first-order chi connectivity index (χ1) is 10.3. The van der Waals surface area contributed by atoms with E-state index in [0.717, 1.165) is 62.4 Å². The van der Waals surface area contributed by atoms with Crippen LogP contribution in [0.1, 0.15) is 23.4 Å². The Labute approximate surface area is 122 Å². The average molecular weight is 286 g/mol. The van der Waals surface area contributed by atoms with Gasteiger partial charge >= 0.3 is 0 Å². The summed E-state index contributed by atoms with van der Waals surface area (Å²) in [4.78, 5) is 18.5. The molecule has 2 aromatic rings. The number of likely N-dealkylation sites (tertiary alicyclic amines) is 1. The van der Waals surface area contributed by atoms with Crippen molar-refractivity contribution in [1.82, 2.24) is 19.7 Å². The van der Waals surface area contributed by atoms with Crippen molar-refractivity contribution in [1.29, 1.82) is 0 Å². The Hall–Kier alpha value is -1.95. The molecule has 0 atom stereocenters. The van der Waals surface area contributed by atoms with E-state index in [0.29, 0.717) is 5.92 Å². The molecule has 4 rings (SSSR count). The van der Waals surface area contributed by atoms with Crippen LogP contribution >= 0.6 is 0 Å². The highest BCUT2D eigenvalue weighted by Gasteiger charge is 2.28. The Bertz CT molecular complexity index is 686. The Morgan fingerprint density at radius 2 is 2.24 bits per heavy atom. The summed E-state index contributed by atoms with van der Waals surface area (Å²) < 4.78 is 6.63. The van der Waals surface area contributed by atoms with Crippen LogP contribution in [0.3, 0.4) is 0 Å². The number of nitrogens with zero attached hydrogens (tertiary/aromatic N) is 4. The third-order valence-corrected chi connectivity index (χ3v) is 4.36. The summed E-state index contributed by atoms with van der Waals surface area (Å²) in [5.41, 5.74) is 3.28. The standard InChI is InChI=1S/C15H18N4O2/c20-15-4-12-2-1-3-14(12)17-19(15)7-11-5-18(6-11)8-13-9-21-10-16-13/h4,9-11H,1-3,5-8H2. The third kappa shape index (κ3) is 2.51. The molecule has 1 saturated heterocycles. The Kier molecular flexibility index (Phi) is 3.11. The second-order valence-corrected chi connectivity index (χ2v) is 6.03. The molecule has 0 spiro atoms. The summed E-state index contributed by atoms with van der Waals surface area (Å²) in [6.45, 7) is 3.51. The van der Waals surface area contributed by atoms with Crippen molar-refractivity contribution in [2.24, 2.45) is 5.92 Å². The van der Waals surface area contributed by atoms with Gasteiger partial charge in [-0.3, -0.25) is 9.69 Å². The molecular weight excluding hydrogens is 268 g/mol. The lowest BCUT2D eigenvalue weighted by Gasteiger charge is -2.38. The van der Waals surface area contributed by atoms with E-state index in [9.17, 15) is 4.79 Å². The molecule has 0 radical (unpaired) electrons. The van der Waals surface area contributed by atoms with E-state index in [-0.39, 0.29) is 5.56 Å². The number of oxazole rings is 1. The van der Waals surface area contributed by atoms with Crippen molar-refractivity contribution in [3.63, 3.8) is 0 Å². The molecule has 0 bridgehead atoms. The Morgan fingerprint density at radius 3 is 3.05 bits per heavy atom. The molecule has 1 fully saturated rings. The van der Waals surface area contributed by atoms with Crippen molar-refractivity contribution in [3.05, 3.63) is 46.0 Å². The van der Waals surface area contributed by atoms with Gasteiger partial charge in [-0.15, -0.1) is 0 Å². The van der Waals surface area contributed by atoms with Gasteiger partial charge in [-0.2, -0.15) is 5.10 Å². The first kappa shape index (κ1) is 12.8. The van der Waals surface area contributed by atoms with Crippen LogP contribution in [0.25, 0.3) is 0 Å². The van der Waals surface area contributed by atoms with Crippen LogP contribution in [-0.2, 0) is 25.9 Å². The largest absolute Gasteiger partial charge is 0.451 e. The van der Waals surface area contributed by atoms with E-state index in [4.69, 9.17) is 4.42 Å². The fraction of sp³-hybridized carbons (Fsp3) is 0.533. The molecule has 0 unspecified atom stereocenters. The smallest absolute Gasteiger partial charge is 0.267 e. The maximum atomic E-state index is 12.1. The number of rotatable bonds is 4. The van der Waals surface area contributed by atoms with Gasteiger partial charge in [0.1, 0.15) is 6.26 Å². The molecule has 110 valence electrons. The summed E-state index contributed by atoms with van der Waals surface area (Å²) in [6.07, 6.45) is 6.28. The number of aromatic nitrogens is 3. The predicted molar refractivity (Wildman–Crippen MR) is 75.8 cm³/mol. The first-order valence-electron chi connectivity index (χ1n) is 7.47. The number of hydrogen-bond donors (Lipinski definition) is 0. The topological polar surface area (TPSA) is 64.2 Å². The fourth-order valence-electron chi connectivity index (χ4n) is 3.28. The summed E-state index contributed by atoms with van der Waals surface area (Å²) >= 11 is 0. The summed E-state index contributed by atoms with van der Waals surface area (Å²) in [5, 5.41) is 4.53. The molecular formula is C15H18N4O2. The maximum Gasteiger partial charge on any atom is 0.267 e. The molecule has 2 aromatic heterocycles. The normalized spacial score (nSPS) is 18.7. The molecule has 3 heterocycles. The highest BCUT2D eigenvalue weighted by atomic mass is 16.3. The van der Waals surface area contributed by atoms with Crippen molar-refractivity contribution in [2.75, 3.05) is 13.1 Å². The van der Waals surface area contributed by atoms with Gasteiger partial charge in [-0.05, 0) is 24.8 Å². The highest BCUT2D eigenvalue weighted by molar-refractivity contribution is 5.22. The zero-order valence-corrected chi connectivity index (χ0v) is 11.9. The minimum atomic E-state index is 0.0469. The maximum absolute atomic E-state index is 12.1. The van der Waals surface area contributed by atoms with Crippen LogP contribution < -0.4 is 5.56 Å². The molecule has 2 aliphatic rings. The van der Waals surface area contributed by atoms with Gasteiger partial charge in [0, 0.05) is 31.6 Å². The summed E-state index contributed by atoms with van der Waals surface area (Å²) in [6, 6.07) is 1.78. The fourth-order valence-corrected chi connectivity index (χ4v) is 3.28. The van der Waals surface area contributed by atoms with E-state index < -0.39 is 0 Å². The minimum absolute atomic E-state index is 0.0469. The Balaban J connectivity index is 1.37. The minimum Gasteiger partial charge on any atom is -0.451 e. The van der Waals surface area contributed by atoms with Gasteiger partial charge in [-0.25, -0.2) is 9.67 Å². The van der Waals surface area contributed by atoms with Crippen LogP contribution in [0, 0.1) is 5.92 Å². The van der Waals surface area contributed by atoms with Crippen LogP contribution in [-0.4, -0.2) is 32.8 Å². The molecule has 1 aliphatic carbocycles. The molecule has 0 N–H and O–H groups in total. The van der Waals surface area contributed by atoms with Gasteiger partial charge in [0.05, 0.1) is 17.9 Å². The summed E-state index contributed by atoms with van der Waals surface area (Å²) in [5.74, 6) is 0.501. The van der Waals surface area contributed by atoms with Crippen LogP contribution in [0.2, 0.25) is 0 Å². The molecule has 0 amide bonds. The van der Waals surface area contributed by atoms with Crippen molar-refractivity contribution in [3.8, 4) is 0 Å². The lowest BCUT2D eigenvalue weighted by molar-refractivity contribution is 0.0752. The van der Waals surface area contributed by atoms with Gasteiger partial charge < -0.3 is 4.42 Å². The number of fused-ring (bicyclic) bond motifs is 1. The lowest BCUT2D eigenvalue weighted by Crippen LogP contribution is -2.49. The monoisotopic (exact) mass is 286 g/mol. The molecule has 1 aliphatic heterocycles. The van der Waals surface area contributed by atoms with E-state index in [1.54, 1.807) is 17.0 Å². The second kappa shape index (κ2) is 5.11. The molecule has 0 saturated carbocycles. The van der Waals surface area contributed by atoms with Crippen LogP contribution in [0.15, 0.2) is 27.9 Å².